The second kappa shape index (κ2) is 7.32. The Bertz CT molecular complexity index is 1370. The van der Waals surface area contributed by atoms with E-state index < -0.39 is 0 Å². The molecule has 0 atom stereocenters. The molecule has 4 heterocycles. The molecule has 4 aromatic heterocycles. The van der Waals surface area contributed by atoms with E-state index >= 15 is 0 Å². The van der Waals surface area contributed by atoms with E-state index in [-0.39, 0.29) is 0 Å². The van der Waals surface area contributed by atoms with Crippen LogP contribution in [0.4, 0.5) is 5.82 Å². The van der Waals surface area contributed by atoms with Crippen molar-refractivity contribution in [1.82, 2.24) is 19.5 Å². The van der Waals surface area contributed by atoms with E-state index in [9.17, 15) is 0 Å². The molecule has 0 radical (unpaired) electrons. The summed E-state index contributed by atoms with van der Waals surface area (Å²) in [4.78, 5) is 13.7. The Morgan fingerprint density at radius 3 is 2.65 bits per heavy atom. The highest BCUT2D eigenvalue weighted by Gasteiger charge is 2.26. The monoisotopic (exact) mass is 405 g/mol. The maximum absolute atomic E-state index is 4.79. The standard InChI is InChI=1S/C25H21N6/c1-2-5-22-19(4-1)14-20(15-27-22)18-10-12-30(13-11-18)29-25-7-3-6-23(28-25)24-16-26-17-31(24)21-8-9-21/h1-7,10-17,21H,8-9H2,(H,28,29)/q+1. The van der Waals surface area contributed by atoms with Crippen LogP contribution in [0, 0.1) is 0 Å². The Kier molecular flexibility index (Phi) is 4.20. The Labute approximate surface area is 179 Å². The third kappa shape index (κ3) is 3.53. The molecule has 0 bridgehead atoms. The first-order valence-corrected chi connectivity index (χ1v) is 10.5. The molecule has 0 saturated heterocycles. The van der Waals surface area contributed by atoms with Crippen LogP contribution in [0.5, 0.6) is 0 Å². The first kappa shape index (κ1) is 17.8. The van der Waals surface area contributed by atoms with E-state index in [4.69, 9.17) is 4.98 Å². The summed E-state index contributed by atoms with van der Waals surface area (Å²) < 4.78 is 4.13. The molecular formula is C25H21N6+. The summed E-state index contributed by atoms with van der Waals surface area (Å²) in [5.41, 5.74) is 8.55. The highest BCUT2D eigenvalue weighted by Crippen LogP contribution is 2.37. The third-order valence-corrected chi connectivity index (χ3v) is 5.61. The van der Waals surface area contributed by atoms with Gasteiger partial charge in [-0.05, 0) is 42.7 Å². The molecule has 1 aliphatic rings. The Morgan fingerprint density at radius 1 is 0.903 bits per heavy atom. The van der Waals surface area contributed by atoms with Crippen molar-refractivity contribution in [3.8, 4) is 22.5 Å². The van der Waals surface area contributed by atoms with Crippen LogP contribution >= 0.6 is 0 Å². The number of imidazole rings is 1. The molecule has 0 amide bonds. The number of benzene rings is 1. The lowest BCUT2D eigenvalue weighted by molar-refractivity contribution is -0.643. The van der Waals surface area contributed by atoms with Crippen molar-refractivity contribution in [2.75, 3.05) is 5.43 Å². The average molecular weight is 405 g/mol. The Balaban J connectivity index is 1.24. The van der Waals surface area contributed by atoms with Crippen LogP contribution in [-0.4, -0.2) is 19.5 Å². The molecule has 1 fully saturated rings. The summed E-state index contributed by atoms with van der Waals surface area (Å²) in [5, 5.41) is 1.14. The molecule has 0 aliphatic heterocycles. The summed E-state index contributed by atoms with van der Waals surface area (Å²) in [7, 11) is 0. The first-order chi connectivity index (χ1) is 15.3. The number of aromatic nitrogens is 5. The van der Waals surface area contributed by atoms with E-state index in [1.54, 1.807) is 0 Å². The zero-order valence-electron chi connectivity index (χ0n) is 16.9. The first-order valence-electron chi connectivity index (χ1n) is 10.5. The van der Waals surface area contributed by atoms with Crippen LogP contribution in [-0.2, 0) is 0 Å². The minimum Gasteiger partial charge on any atom is -0.326 e. The number of pyridine rings is 3. The maximum atomic E-state index is 4.79. The van der Waals surface area contributed by atoms with Crippen LogP contribution in [0.2, 0.25) is 0 Å². The summed E-state index contributed by atoms with van der Waals surface area (Å²) >= 11 is 0. The molecule has 150 valence electrons. The smallest absolute Gasteiger partial charge is 0.200 e. The van der Waals surface area contributed by atoms with Crippen LogP contribution in [0.1, 0.15) is 18.9 Å². The van der Waals surface area contributed by atoms with E-state index in [2.05, 4.69) is 44.2 Å². The summed E-state index contributed by atoms with van der Waals surface area (Å²) in [6, 6.07) is 21.1. The number of nitrogens with zero attached hydrogens (tertiary/aromatic N) is 5. The lowest BCUT2D eigenvalue weighted by Gasteiger charge is -2.07. The summed E-state index contributed by atoms with van der Waals surface area (Å²) in [6.07, 6.45) is 12.1. The number of hydrogen-bond acceptors (Lipinski definition) is 4. The van der Waals surface area contributed by atoms with Crippen LogP contribution in [0.15, 0.2) is 91.8 Å². The van der Waals surface area contributed by atoms with E-state index in [1.807, 2.05) is 72.2 Å². The number of para-hydroxylation sites is 1. The molecule has 5 aromatic rings. The van der Waals surface area contributed by atoms with E-state index in [0.717, 1.165) is 39.2 Å². The summed E-state index contributed by atoms with van der Waals surface area (Å²) in [6.45, 7) is 0. The second-order valence-electron chi connectivity index (χ2n) is 7.85. The molecule has 6 heteroatoms. The zero-order chi connectivity index (χ0) is 20.6. The minimum atomic E-state index is 0.572. The Hall–Kier alpha value is -4.06. The zero-order valence-corrected chi connectivity index (χ0v) is 16.9. The van der Waals surface area contributed by atoms with Gasteiger partial charge in [0.25, 0.3) is 0 Å². The number of hydrogen-bond donors (Lipinski definition) is 1. The molecule has 1 saturated carbocycles. The van der Waals surface area contributed by atoms with Crippen molar-refractivity contribution in [3.05, 3.63) is 91.8 Å². The van der Waals surface area contributed by atoms with E-state index in [0.29, 0.717) is 6.04 Å². The van der Waals surface area contributed by atoms with E-state index in [1.165, 1.54) is 12.8 Å². The van der Waals surface area contributed by atoms with Gasteiger partial charge in [-0.15, -0.1) is 5.43 Å². The topological polar surface area (TPSA) is 59.5 Å². The molecule has 1 N–H and O–H groups in total. The number of rotatable bonds is 5. The largest absolute Gasteiger partial charge is 0.326 e. The fourth-order valence-corrected chi connectivity index (χ4v) is 3.84. The van der Waals surface area contributed by atoms with Crippen molar-refractivity contribution >= 4 is 16.7 Å². The predicted octanol–water partition coefficient (Wildman–Crippen LogP) is 4.66. The van der Waals surface area contributed by atoms with Gasteiger partial charge in [0.15, 0.2) is 5.82 Å². The maximum Gasteiger partial charge on any atom is 0.200 e. The van der Waals surface area contributed by atoms with Gasteiger partial charge in [-0.1, -0.05) is 28.9 Å². The molecule has 6 nitrogen and oxygen atoms in total. The van der Waals surface area contributed by atoms with Gasteiger partial charge in [0.1, 0.15) is 0 Å². The van der Waals surface area contributed by atoms with Crippen molar-refractivity contribution in [1.29, 1.82) is 0 Å². The number of fused-ring (bicyclic) bond motifs is 1. The molecular weight excluding hydrogens is 384 g/mol. The molecule has 31 heavy (non-hydrogen) atoms. The molecule has 1 aliphatic carbocycles. The van der Waals surface area contributed by atoms with Crippen molar-refractivity contribution in [2.45, 2.75) is 18.9 Å². The SMILES string of the molecule is c1cc(N[n+]2ccc(-c3cnc4ccccc4c3)cc2)nc(-c2cncn2C2CC2)c1. The summed E-state index contributed by atoms with van der Waals surface area (Å²) in [5.74, 6) is 0.783. The molecule has 0 spiro atoms. The van der Waals surface area contributed by atoms with Gasteiger partial charge in [0.2, 0.25) is 12.4 Å². The van der Waals surface area contributed by atoms with Gasteiger partial charge in [0.05, 0.1) is 29.4 Å². The van der Waals surface area contributed by atoms with Gasteiger partial charge in [-0.2, -0.15) is 0 Å². The van der Waals surface area contributed by atoms with Crippen LogP contribution < -0.4 is 10.1 Å². The van der Waals surface area contributed by atoms with Gasteiger partial charge < -0.3 is 4.57 Å². The molecule has 6 rings (SSSR count). The fraction of sp³-hybridized carbons (Fsp3) is 0.120. The predicted molar refractivity (Wildman–Crippen MR) is 120 cm³/mol. The van der Waals surface area contributed by atoms with Crippen LogP contribution in [0.3, 0.4) is 0 Å². The number of anilines is 1. The van der Waals surface area contributed by atoms with Crippen molar-refractivity contribution < 1.29 is 4.68 Å². The van der Waals surface area contributed by atoms with Crippen molar-refractivity contribution in [2.24, 2.45) is 0 Å². The second-order valence-corrected chi connectivity index (χ2v) is 7.85. The van der Waals surface area contributed by atoms with Gasteiger partial charge >= 0.3 is 0 Å². The molecule has 1 aromatic carbocycles. The third-order valence-electron chi connectivity index (χ3n) is 5.61. The highest BCUT2D eigenvalue weighted by molar-refractivity contribution is 5.83. The van der Waals surface area contributed by atoms with Gasteiger partial charge in [0, 0.05) is 35.3 Å². The van der Waals surface area contributed by atoms with Crippen LogP contribution in [0.25, 0.3) is 33.4 Å². The average Bonchev–Trinajstić information content (AvgIpc) is 3.55. The minimum absolute atomic E-state index is 0.572. The quantitative estimate of drug-likeness (QED) is 0.432. The molecule has 0 unspecified atom stereocenters. The Morgan fingerprint density at radius 2 is 1.77 bits per heavy atom. The lowest BCUT2D eigenvalue weighted by atomic mass is 10.1. The van der Waals surface area contributed by atoms with Gasteiger partial charge in [-0.3, -0.25) is 4.98 Å². The fourth-order valence-electron chi connectivity index (χ4n) is 3.84. The highest BCUT2D eigenvalue weighted by atomic mass is 15.4. The lowest BCUT2D eigenvalue weighted by Crippen LogP contribution is -2.41. The normalized spacial score (nSPS) is 13.4. The van der Waals surface area contributed by atoms with Crippen molar-refractivity contribution in [3.63, 3.8) is 0 Å². The number of nitrogens with one attached hydrogen (secondary N) is 1. The van der Waals surface area contributed by atoms with Gasteiger partial charge in [-0.25, -0.2) is 9.97 Å².